The molecule has 0 unspecified atom stereocenters. The maximum Gasteiger partial charge on any atom is 0.343 e. The first-order chi connectivity index (χ1) is 4.16. The second-order valence-corrected chi connectivity index (χ2v) is 1.71. The molecule has 0 aromatic heterocycles. The summed E-state index contributed by atoms with van der Waals surface area (Å²) in [5.74, 6) is 0. The van der Waals surface area contributed by atoms with Gasteiger partial charge in [0.15, 0.2) is 0 Å². The van der Waals surface area contributed by atoms with E-state index in [4.69, 9.17) is 0 Å². The third kappa shape index (κ3) is 5.05. The van der Waals surface area contributed by atoms with Crippen LogP contribution in [0.4, 0.5) is 4.79 Å². The molecule has 0 aromatic rings. The summed E-state index contributed by atoms with van der Waals surface area (Å²) in [6.45, 7) is 0. The molecule has 0 radical (unpaired) electrons. The molecule has 0 aliphatic rings. The summed E-state index contributed by atoms with van der Waals surface area (Å²) < 4.78 is 0. The quantitative estimate of drug-likeness (QED) is 0.418. The van der Waals surface area contributed by atoms with Crippen LogP contribution in [0.2, 0.25) is 0 Å². The van der Waals surface area contributed by atoms with Gasteiger partial charge in [0.2, 0.25) is 0 Å². The van der Waals surface area contributed by atoms with Crippen LogP contribution in [0.15, 0.2) is 0 Å². The number of nitrogens with zero attached hydrogens (tertiary/aromatic N) is 1. The van der Waals surface area contributed by atoms with Crippen LogP contribution >= 0.6 is 0 Å². The van der Waals surface area contributed by atoms with Crippen molar-refractivity contribution in [2.24, 2.45) is 0 Å². The monoisotopic (exact) mass is 132 g/mol. The summed E-state index contributed by atoms with van der Waals surface area (Å²) in [7, 11) is 5.08. The van der Waals surface area contributed by atoms with Gasteiger partial charge in [-0.3, -0.25) is 10.9 Å². The summed E-state index contributed by atoms with van der Waals surface area (Å²) in [6, 6.07) is -0.275. The number of nitrogens with one attached hydrogen (secondary N) is 3. The van der Waals surface area contributed by atoms with Crippen molar-refractivity contribution in [2.75, 3.05) is 21.1 Å². The minimum absolute atomic E-state index is 0.275. The number of rotatable bonds is 2. The van der Waals surface area contributed by atoms with Crippen molar-refractivity contribution in [3.8, 4) is 0 Å². The van der Waals surface area contributed by atoms with E-state index >= 15 is 0 Å². The fraction of sp³-hybridized carbons (Fsp3) is 0.750. The Bertz CT molecular complexity index is 92.6. The zero-order valence-corrected chi connectivity index (χ0v) is 5.86. The van der Waals surface area contributed by atoms with Crippen LogP contribution < -0.4 is 16.3 Å². The molecule has 0 bridgehead atoms. The molecule has 0 heterocycles. The SMILES string of the molecule is CNNC(=O)NN(C)C. The molecule has 0 saturated carbocycles. The van der Waals surface area contributed by atoms with E-state index in [0.29, 0.717) is 0 Å². The van der Waals surface area contributed by atoms with Crippen LogP contribution in [-0.4, -0.2) is 32.2 Å². The Morgan fingerprint density at radius 3 is 2.33 bits per heavy atom. The fourth-order valence-electron chi connectivity index (χ4n) is 0.345. The Morgan fingerprint density at radius 1 is 1.44 bits per heavy atom. The molecule has 2 amide bonds. The van der Waals surface area contributed by atoms with Gasteiger partial charge in [0.1, 0.15) is 0 Å². The summed E-state index contributed by atoms with van der Waals surface area (Å²) >= 11 is 0. The minimum atomic E-state index is -0.275. The molecule has 0 saturated heterocycles. The molecule has 9 heavy (non-hydrogen) atoms. The van der Waals surface area contributed by atoms with Crippen molar-refractivity contribution >= 4 is 6.03 Å². The van der Waals surface area contributed by atoms with E-state index in [1.54, 1.807) is 26.2 Å². The fourth-order valence-corrected chi connectivity index (χ4v) is 0.345. The van der Waals surface area contributed by atoms with Crippen LogP contribution in [-0.2, 0) is 0 Å². The average molecular weight is 132 g/mol. The van der Waals surface area contributed by atoms with Crippen LogP contribution in [0.3, 0.4) is 0 Å². The normalized spacial score (nSPS) is 9.33. The lowest BCUT2D eigenvalue weighted by Crippen LogP contribution is -2.47. The maximum absolute atomic E-state index is 10.5. The second kappa shape index (κ2) is 4.11. The molecule has 3 N–H and O–H groups in total. The van der Waals surface area contributed by atoms with Crippen LogP contribution in [0.5, 0.6) is 0 Å². The molecule has 5 nitrogen and oxygen atoms in total. The number of hydrogen-bond acceptors (Lipinski definition) is 3. The van der Waals surface area contributed by atoms with E-state index in [1.165, 1.54) is 0 Å². The van der Waals surface area contributed by atoms with Crippen molar-refractivity contribution in [2.45, 2.75) is 0 Å². The van der Waals surface area contributed by atoms with E-state index in [0.717, 1.165) is 0 Å². The van der Waals surface area contributed by atoms with Gasteiger partial charge >= 0.3 is 6.03 Å². The number of hydrogen-bond donors (Lipinski definition) is 3. The molecule has 0 aliphatic carbocycles. The van der Waals surface area contributed by atoms with Crippen molar-refractivity contribution in [1.82, 2.24) is 21.3 Å². The molecule has 0 fully saturated rings. The molecule has 0 spiro atoms. The summed E-state index contributed by atoms with van der Waals surface area (Å²) in [4.78, 5) is 10.5. The van der Waals surface area contributed by atoms with E-state index < -0.39 is 0 Å². The lowest BCUT2D eigenvalue weighted by Gasteiger charge is -2.11. The molecular weight excluding hydrogens is 120 g/mol. The van der Waals surface area contributed by atoms with E-state index in [9.17, 15) is 4.79 Å². The van der Waals surface area contributed by atoms with E-state index in [2.05, 4.69) is 16.3 Å². The highest BCUT2D eigenvalue weighted by molar-refractivity contribution is 5.72. The molecule has 5 heteroatoms. The Labute approximate surface area is 54.3 Å². The lowest BCUT2D eigenvalue weighted by molar-refractivity contribution is 0.209. The van der Waals surface area contributed by atoms with E-state index in [-0.39, 0.29) is 6.03 Å². The zero-order chi connectivity index (χ0) is 7.28. The molecule has 0 aromatic carbocycles. The summed E-state index contributed by atoms with van der Waals surface area (Å²) in [6.07, 6.45) is 0. The zero-order valence-electron chi connectivity index (χ0n) is 5.86. The summed E-state index contributed by atoms with van der Waals surface area (Å²) in [5.41, 5.74) is 7.28. The van der Waals surface area contributed by atoms with Crippen molar-refractivity contribution in [1.29, 1.82) is 0 Å². The Balaban J connectivity index is 3.27. The number of carbonyl (C=O) groups excluding carboxylic acids is 1. The highest BCUT2D eigenvalue weighted by Crippen LogP contribution is 1.62. The van der Waals surface area contributed by atoms with Gasteiger partial charge in [0.25, 0.3) is 0 Å². The number of amides is 2. The number of carbonyl (C=O) groups is 1. The summed E-state index contributed by atoms with van der Waals surface area (Å²) in [5, 5.41) is 1.55. The van der Waals surface area contributed by atoms with Crippen LogP contribution in [0, 0.1) is 0 Å². The van der Waals surface area contributed by atoms with Gasteiger partial charge in [-0.1, -0.05) is 0 Å². The largest absolute Gasteiger partial charge is 0.343 e. The third-order valence-electron chi connectivity index (χ3n) is 0.564. The number of urea groups is 1. The highest BCUT2D eigenvalue weighted by Gasteiger charge is 1.95. The van der Waals surface area contributed by atoms with Crippen LogP contribution in [0.25, 0.3) is 0 Å². The van der Waals surface area contributed by atoms with Crippen molar-refractivity contribution in [3.63, 3.8) is 0 Å². The Morgan fingerprint density at radius 2 is 2.00 bits per heavy atom. The smallest absolute Gasteiger partial charge is 0.272 e. The van der Waals surface area contributed by atoms with Gasteiger partial charge < -0.3 is 0 Å². The second-order valence-electron chi connectivity index (χ2n) is 1.71. The Kier molecular flexibility index (Phi) is 3.74. The third-order valence-corrected chi connectivity index (χ3v) is 0.564. The minimum Gasteiger partial charge on any atom is -0.272 e. The molecule has 0 atom stereocenters. The topological polar surface area (TPSA) is 56.4 Å². The predicted octanol–water partition coefficient (Wildman–Crippen LogP) is -1.10. The van der Waals surface area contributed by atoms with Gasteiger partial charge in [-0.15, -0.1) is 0 Å². The van der Waals surface area contributed by atoms with Gasteiger partial charge in [-0.05, 0) is 0 Å². The van der Waals surface area contributed by atoms with Gasteiger partial charge in [-0.2, -0.15) is 0 Å². The van der Waals surface area contributed by atoms with Crippen molar-refractivity contribution in [3.05, 3.63) is 0 Å². The molecule has 54 valence electrons. The standard InChI is InChI=1S/C4H12N4O/c1-5-6-4(9)7-8(2)3/h5H,1-3H3,(H2,6,7,9). The first kappa shape index (κ1) is 8.19. The molecule has 0 rings (SSSR count). The number of hydrazine groups is 2. The molecule has 0 aliphatic heterocycles. The van der Waals surface area contributed by atoms with E-state index in [1.807, 2.05) is 0 Å². The Hall–Kier alpha value is -0.810. The van der Waals surface area contributed by atoms with Crippen LogP contribution in [0.1, 0.15) is 0 Å². The van der Waals surface area contributed by atoms with Gasteiger partial charge in [0.05, 0.1) is 0 Å². The predicted molar refractivity (Wildman–Crippen MR) is 34.4 cm³/mol. The average Bonchev–Trinajstić information content (AvgIpc) is 1.63. The lowest BCUT2D eigenvalue weighted by atomic mass is 11.0. The molecular formula is C4H12N4O. The van der Waals surface area contributed by atoms with Gasteiger partial charge in [-0.25, -0.2) is 15.2 Å². The first-order valence-electron chi connectivity index (χ1n) is 2.57. The highest BCUT2D eigenvalue weighted by atomic mass is 16.2. The first-order valence-corrected chi connectivity index (χ1v) is 2.57. The van der Waals surface area contributed by atoms with Gasteiger partial charge in [0, 0.05) is 21.1 Å². The maximum atomic E-state index is 10.5. The van der Waals surface area contributed by atoms with Crippen molar-refractivity contribution < 1.29 is 4.79 Å².